The third-order valence-corrected chi connectivity index (χ3v) is 6.49. The summed E-state index contributed by atoms with van der Waals surface area (Å²) in [5, 5.41) is 0. The number of hydrogen-bond donors (Lipinski definition) is 1. The zero-order valence-corrected chi connectivity index (χ0v) is 15.8. The van der Waals surface area contributed by atoms with E-state index in [0.29, 0.717) is 16.2 Å². The lowest BCUT2D eigenvalue weighted by Gasteiger charge is -2.07. The van der Waals surface area contributed by atoms with E-state index in [2.05, 4.69) is 71.6 Å². The normalized spacial score (nSPS) is 11.3. The van der Waals surface area contributed by atoms with Crippen LogP contribution in [0.2, 0.25) is 0 Å². The van der Waals surface area contributed by atoms with Crippen LogP contribution in [0.3, 0.4) is 0 Å². The van der Waals surface area contributed by atoms with E-state index in [1.165, 1.54) is 11.3 Å². The number of nitrogens with one attached hydrogen (secondary N) is 1. The molecule has 0 aliphatic rings. The van der Waals surface area contributed by atoms with Crippen molar-refractivity contribution in [2.45, 2.75) is 20.3 Å². The van der Waals surface area contributed by atoms with Gasteiger partial charge in [0.2, 0.25) is 0 Å². The van der Waals surface area contributed by atoms with Gasteiger partial charge in [-0.25, -0.2) is 4.98 Å². The second kappa shape index (κ2) is 6.20. The number of halogens is 3. The van der Waals surface area contributed by atoms with Gasteiger partial charge in [0.25, 0.3) is 5.56 Å². The van der Waals surface area contributed by atoms with Crippen LogP contribution in [0.15, 0.2) is 23.6 Å². The molecule has 0 atom stereocenters. The third kappa shape index (κ3) is 3.56. The van der Waals surface area contributed by atoms with Crippen LogP contribution < -0.4 is 5.56 Å². The Morgan fingerprint density at radius 2 is 2.05 bits per heavy atom. The van der Waals surface area contributed by atoms with Crippen LogP contribution >= 0.6 is 59.1 Å². The summed E-state index contributed by atoms with van der Waals surface area (Å²) < 4.78 is 2.47. The molecule has 0 spiro atoms. The summed E-state index contributed by atoms with van der Waals surface area (Å²) in [6.45, 7) is 4.21. The molecule has 0 bridgehead atoms. The number of aromatic amines is 1. The Balaban J connectivity index is 2.53. The molecular formula is C12H11Br3N2OS. The molecule has 0 aromatic carbocycles. The molecule has 0 aliphatic heterocycles. The molecule has 2 aromatic rings. The Morgan fingerprint density at radius 3 is 2.58 bits per heavy atom. The topological polar surface area (TPSA) is 45.8 Å². The monoisotopic (exact) mass is 468 g/mol. The molecule has 2 rings (SSSR count). The van der Waals surface area contributed by atoms with Gasteiger partial charge in [0.05, 0.1) is 14.4 Å². The predicted octanol–water partition coefficient (Wildman–Crippen LogP) is 4.98. The van der Waals surface area contributed by atoms with Crippen molar-refractivity contribution in [1.29, 1.82) is 0 Å². The summed E-state index contributed by atoms with van der Waals surface area (Å²) in [6, 6.07) is 1.94. The van der Waals surface area contributed by atoms with Crippen molar-refractivity contribution in [3.63, 3.8) is 0 Å². The molecule has 0 saturated carbocycles. The third-order valence-electron chi connectivity index (χ3n) is 2.41. The minimum atomic E-state index is -0.138. The molecule has 1 N–H and O–H groups in total. The maximum Gasteiger partial charge on any atom is 0.265 e. The van der Waals surface area contributed by atoms with Crippen molar-refractivity contribution in [2.75, 3.05) is 0 Å². The second-order valence-corrected chi connectivity index (χ2v) is 8.52. The minimum Gasteiger partial charge on any atom is -0.305 e. The highest BCUT2D eigenvalue weighted by Crippen LogP contribution is 2.36. The second-order valence-electron chi connectivity index (χ2n) is 4.51. The van der Waals surface area contributed by atoms with Gasteiger partial charge in [0.15, 0.2) is 5.82 Å². The molecule has 3 nitrogen and oxygen atoms in total. The highest BCUT2D eigenvalue weighted by atomic mass is 79.9. The minimum absolute atomic E-state index is 0.138. The van der Waals surface area contributed by atoms with E-state index in [9.17, 15) is 4.79 Å². The van der Waals surface area contributed by atoms with Crippen LogP contribution in [0.5, 0.6) is 0 Å². The first-order valence-corrected chi connectivity index (χ1v) is 8.82. The summed E-state index contributed by atoms with van der Waals surface area (Å²) in [5.41, 5.74) is 0.663. The van der Waals surface area contributed by atoms with Gasteiger partial charge in [0, 0.05) is 4.47 Å². The molecule has 2 aromatic heterocycles. The first-order valence-electron chi connectivity index (χ1n) is 5.62. The van der Waals surface area contributed by atoms with Gasteiger partial charge >= 0.3 is 0 Å². The Kier molecular flexibility index (Phi) is 5.03. The average Bonchev–Trinajstić information content (AvgIpc) is 2.65. The first kappa shape index (κ1) is 15.4. The van der Waals surface area contributed by atoms with Crippen LogP contribution in [0, 0.1) is 5.92 Å². The molecular weight excluding hydrogens is 460 g/mol. The summed E-state index contributed by atoms with van der Waals surface area (Å²) in [5.74, 6) is 1.06. The van der Waals surface area contributed by atoms with Gasteiger partial charge in [-0.15, -0.1) is 11.3 Å². The van der Waals surface area contributed by atoms with Gasteiger partial charge < -0.3 is 4.98 Å². The number of H-pyrrole nitrogens is 1. The summed E-state index contributed by atoms with van der Waals surface area (Å²) in [4.78, 5) is 20.2. The van der Waals surface area contributed by atoms with E-state index < -0.39 is 0 Å². The van der Waals surface area contributed by atoms with Crippen molar-refractivity contribution >= 4 is 59.1 Å². The van der Waals surface area contributed by atoms with Crippen molar-refractivity contribution in [3.05, 3.63) is 34.8 Å². The zero-order valence-electron chi connectivity index (χ0n) is 10.3. The van der Waals surface area contributed by atoms with E-state index in [4.69, 9.17) is 0 Å². The quantitative estimate of drug-likeness (QED) is 0.687. The molecule has 7 heteroatoms. The molecule has 0 unspecified atom stereocenters. The van der Waals surface area contributed by atoms with Gasteiger partial charge in [-0.1, -0.05) is 13.8 Å². The van der Waals surface area contributed by atoms with E-state index in [1.54, 1.807) is 0 Å². The fourth-order valence-electron chi connectivity index (χ4n) is 1.61. The van der Waals surface area contributed by atoms with Gasteiger partial charge in [-0.2, -0.15) is 0 Å². The van der Waals surface area contributed by atoms with Crippen LogP contribution in [-0.2, 0) is 6.42 Å². The van der Waals surface area contributed by atoms with Crippen LogP contribution in [0.1, 0.15) is 19.5 Å². The zero-order chi connectivity index (χ0) is 14.2. The standard InChI is InChI=1S/C12H11Br3N2OS/c1-5(2)3-7-9(14)12(18)17-11(16-7)8-4-6(13)10(15)19-8/h4-5H,3H2,1-2H3,(H,16,17,18). The van der Waals surface area contributed by atoms with E-state index in [1.807, 2.05) is 6.07 Å². The molecule has 0 fully saturated rings. The van der Waals surface area contributed by atoms with Crippen molar-refractivity contribution < 1.29 is 0 Å². The van der Waals surface area contributed by atoms with E-state index >= 15 is 0 Å². The molecule has 102 valence electrons. The Hall–Kier alpha value is 0.0200. The summed E-state index contributed by atoms with van der Waals surface area (Å²) in [7, 11) is 0. The van der Waals surface area contributed by atoms with Crippen LogP contribution in [-0.4, -0.2) is 9.97 Å². The maximum absolute atomic E-state index is 11.9. The number of rotatable bonds is 3. The lowest BCUT2D eigenvalue weighted by atomic mass is 10.1. The van der Waals surface area contributed by atoms with Crippen molar-refractivity contribution in [3.8, 4) is 10.7 Å². The lowest BCUT2D eigenvalue weighted by molar-refractivity contribution is 0.631. The summed E-state index contributed by atoms with van der Waals surface area (Å²) >= 11 is 11.7. The maximum atomic E-state index is 11.9. The fraction of sp³-hybridized carbons (Fsp3) is 0.333. The van der Waals surface area contributed by atoms with Crippen molar-refractivity contribution in [2.24, 2.45) is 5.92 Å². The largest absolute Gasteiger partial charge is 0.305 e. The van der Waals surface area contributed by atoms with Gasteiger partial charge in [-0.05, 0) is 66.2 Å². The molecule has 19 heavy (non-hydrogen) atoms. The average molecular weight is 471 g/mol. The molecule has 0 aliphatic carbocycles. The van der Waals surface area contributed by atoms with E-state index in [0.717, 1.165) is 25.3 Å². The highest BCUT2D eigenvalue weighted by Gasteiger charge is 2.14. The molecule has 0 radical (unpaired) electrons. The number of hydrogen-bond acceptors (Lipinski definition) is 3. The SMILES string of the molecule is CC(C)Cc1nc(-c2cc(Br)c(Br)s2)[nH]c(=O)c1Br. The van der Waals surface area contributed by atoms with Crippen LogP contribution in [0.25, 0.3) is 10.7 Å². The van der Waals surface area contributed by atoms with Gasteiger partial charge in [0.1, 0.15) is 4.47 Å². The fourth-order valence-corrected chi connectivity index (χ4v) is 3.94. The summed E-state index contributed by atoms with van der Waals surface area (Å²) in [6.07, 6.45) is 0.769. The smallest absolute Gasteiger partial charge is 0.265 e. The highest BCUT2D eigenvalue weighted by molar-refractivity contribution is 9.13. The lowest BCUT2D eigenvalue weighted by Crippen LogP contribution is -2.14. The molecule has 0 amide bonds. The number of thiophene rings is 1. The van der Waals surface area contributed by atoms with Gasteiger partial charge in [-0.3, -0.25) is 4.79 Å². The Bertz CT molecular complexity index is 644. The number of aromatic nitrogens is 2. The Labute approximate surface area is 140 Å². The Morgan fingerprint density at radius 1 is 1.37 bits per heavy atom. The number of nitrogens with zero attached hydrogens (tertiary/aromatic N) is 1. The first-order chi connectivity index (χ1) is 8.88. The van der Waals surface area contributed by atoms with E-state index in [-0.39, 0.29) is 5.56 Å². The molecule has 2 heterocycles. The molecule has 0 saturated heterocycles. The van der Waals surface area contributed by atoms with Crippen molar-refractivity contribution in [1.82, 2.24) is 9.97 Å². The predicted molar refractivity (Wildman–Crippen MR) is 89.8 cm³/mol. The van der Waals surface area contributed by atoms with Crippen LogP contribution in [0.4, 0.5) is 0 Å².